The molecular weight excluding hydrogens is 1330 g/mol. The van der Waals surface area contributed by atoms with Crippen molar-refractivity contribution in [1.82, 2.24) is 0 Å². The van der Waals surface area contributed by atoms with Crippen LogP contribution in [0.15, 0.2) is 0 Å². The second-order valence-corrected chi connectivity index (χ2v) is 34.2. The number of carbonyl (C=O) groups is 4. The molecule has 0 fully saturated rings. The van der Waals surface area contributed by atoms with E-state index >= 15 is 0 Å². The molecule has 0 aromatic heterocycles. The second kappa shape index (κ2) is 73.2. The van der Waals surface area contributed by atoms with Crippen LogP contribution in [0.4, 0.5) is 0 Å². The molecule has 0 saturated carbocycles. The minimum Gasteiger partial charge on any atom is -0.462 e. The van der Waals surface area contributed by atoms with E-state index in [0.717, 1.165) is 108 Å². The first-order chi connectivity index (χ1) is 49.2. The molecule has 0 rings (SSSR count). The van der Waals surface area contributed by atoms with Gasteiger partial charge in [0.2, 0.25) is 0 Å². The quantitative estimate of drug-likeness (QED) is 0.0222. The molecule has 606 valence electrons. The molecule has 0 aromatic rings. The second-order valence-electron chi connectivity index (χ2n) is 31.3. The van der Waals surface area contributed by atoms with Gasteiger partial charge in [0.15, 0.2) is 12.2 Å². The van der Waals surface area contributed by atoms with Crippen LogP contribution in [0.2, 0.25) is 0 Å². The van der Waals surface area contributed by atoms with Crippen LogP contribution in [0.5, 0.6) is 0 Å². The van der Waals surface area contributed by atoms with Gasteiger partial charge in [0.1, 0.15) is 19.3 Å². The summed E-state index contributed by atoms with van der Waals surface area (Å²) in [6, 6.07) is 0. The third kappa shape index (κ3) is 76.3. The Balaban J connectivity index is 5.26. The van der Waals surface area contributed by atoms with E-state index in [9.17, 15) is 43.2 Å². The molecule has 0 aliphatic carbocycles. The summed E-state index contributed by atoms with van der Waals surface area (Å²) >= 11 is 0. The Morgan fingerprint density at radius 1 is 0.265 bits per heavy atom. The Bertz CT molecular complexity index is 1970. The van der Waals surface area contributed by atoms with Gasteiger partial charge in [-0.3, -0.25) is 37.3 Å². The third-order valence-corrected chi connectivity index (χ3v) is 21.3. The predicted octanol–water partition coefficient (Wildman–Crippen LogP) is 24.9. The summed E-state index contributed by atoms with van der Waals surface area (Å²) in [6.45, 7) is 12.0. The fourth-order valence-corrected chi connectivity index (χ4v) is 14.4. The maximum atomic E-state index is 13.1. The molecule has 0 spiro atoms. The minimum absolute atomic E-state index is 0.106. The van der Waals surface area contributed by atoms with Crippen LogP contribution in [0.3, 0.4) is 0 Å². The number of aliphatic hydroxyl groups is 1. The first kappa shape index (κ1) is 100. The van der Waals surface area contributed by atoms with Crippen molar-refractivity contribution in [3.8, 4) is 0 Å². The smallest absolute Gasteiger partial charge is 0.462 e. The number of hydrogen-bond acceptors (Lipinski definition) is 15. The number of esters is 4. The van der Waals surface area contributed by atoms with Crippen molar-refractivity contribution in [1.29, 1.82) is 0 Å². The summed E-state index contributed by atoms with van der Waals surface area (Å²) < 4.78 is 68.8. The van der Waals surface area contributed by atoms with Crippen molar-refractivity contribution in [2.45, 2.75) is 452 Å². The average Bonchev–Trinajstić information content (AvgIpc) is 0.908. The van der Waals surface area contributed by atoms with Gasteiger partial charge in [0, 0.05) is 25.7 Å². The van der Waals surface area contributed by atoms with E-state index in [-0.39, 0.29) is 25.7 Å². The summed E-state index contributed by atoms with van der Waals surface area (Å²) in [5, 5.41) is 10.7. The monoisotopic (exact) mass is 1490 g/mol. The summed E-state index contributed by atoms with van der Waals surface area (Å²) in [5.74, 6) is 0.254. The lowest BCUT2D eigenvalue weighted by Crippen LogP contribution is -2.30. The molecule has 0 aliphatic heterocycles. The molecular formula is C83H162O17P2. The molecule has 5 atom stereocenters. The topological polar surface area (TPSA) is 237 Å². The number of hydrogen-bond donors (Lipinski definition) is 3. The van der Waals surface area contributed by atoms with E-state index in [4.69, 9.17) is 37.0 Å². The van der Waals surface area contributed by atoms with Gasteiger partial charge < -0.3 is 33.8 Å². The lowest BCUT2D eigenvalue weighted by Gasteiger charge is -2.21. The van der Waals surface area contributed by atoms with Gasteiger partial charge >= 0.3 is 39.5 Å². The molecule has 0 aliphatic rings. The van der Waals surface area contributed by atoms with Gasteiger partial charge in [-0.05, 0) is 43.4 Å². The van der Waals surface area contributed by atoms with E-state index in [0.29, 0.717) is 25.7 Å². The van der Waals surface area contributed by atoms with Crippen molar-refractivity contribution >= 4 is 39.5 Å². The Kier molecular flexibility index (Phi) is 71.8. The molecule has 19 heteroatoms. The Labute approximate surface area is 626 Å². The van der Waals surface area contributed by atoms with Crippen LogP contribution in [-0.2, 0) is 65.4 Å². The van der Waals surface area contributed by atoms with Gasteiger partial charge in [-0.15, -0.1) is 0 Å². The number of phosphoric ester groups is 2. The minimum atomic E-state index is -4.96. The number of ether oxygens (including phenoxy) is 4. The molecule has 0 bridgehead atoms. The Morgan fingerprint density at radius 2 is 0.451 bits per heavy atom. The molecule has 3 N–H and O–H groups in total. The summed E-state index contributed by atoms with van der Waals surface area (Å²) in [6.07, 6.45) is 62.3. The van der Waals surface area contributed by atoms with Crippen LogP contribution >= 0.6 is 15.6 Å². The van der Waals surface area contributed by atoms with Crippen molar-refractivity contribution in [3.63, 3.8) is 0 Å². The number of aliphatic hydroxyl groups excluding tert-OH is 1. The zero-order valence-corrected chi connectivity index (χ0v) is 68.9. The lowest BCUT2D eigenvalue weighted by atomic mass is 10.0. The molecule has 0 amide bonds. The van der Waals surface area contributed by atoms with Crippen LogP contribution in [-0.4, -0.2) is 96.7 Å². The summed E-state index contributed by atoms with van der Waals surface area (Å²) in [7, 11) is -9.92. The highest BCUT2D eigenvalue weighted by molar-refractivity contribution is 7.47. The predicted molar refractivity (Wildman–Crippen MR) is 418 cm³/mol. The fraction of sp³-hybridized carbons (Fsp3) is 0.952. The van der Waals surface area contributed by atoms with Crippen LogP contribution < -0.4 is 0 Å². The number of phosphoric acid groups is 2. The highest BCUT2D eigenvalue weighted by Gasteiger charge is 2.30. The third-order valence-electron chi connectivity index (χ3n) is 19.4. The van der Waals surface area contributed by atoms with E-state index in [1.165, 1.54) is 244 Å². The molecule has 102 heavy (non-hydrogen) atoms. The van der Waals surface area contributed by atoms with Gasteiger partial charge in [-0.25, -0.2) is 9.13 Å². The highest BCUT2D eigenvalue weighted by Crippen LogP contribution is 2.45. The van der Waals surface area contributed by atoms with Gasteiger partial charge in [0.05, 0.1) is 26.4 Å². The zero-order valence-electron chi connectivity index (χ0n) is 67.1. The van der Waals surface area contributed by atoms with Crippen molar-refractivity contribution in [2.24, 2.45) is 17.8 Å². The number of carbonyl (C=O) groups excluding carboxylic acids is 4. The first-order valence-corrected chi connectivity index (χ1v) is 45.8. The van der Waals surface area contributed by atoms with E-state index in [1.54, 1.807) is 0 Å². The first-order valence-electron chi connectivity index (χ1n) is 42.8. The van der Waals surface area contributed by atoms with Crippen LogP contribution in [0.1, 0.15) is 434 Å². The average molecular weight is 1490 g/mol. The summed E-state index contributed by atoms with van der Waals surface area (Å²) in [5.41, 5.74) is 0. The van der Waals surface area contributed by atoms with E-state index in [2.05, 4.69) is 48.5 Å². The maximum absolute atomic E-state index is 13.1. The number of unbranched alkanes of at least 4 members (excludes halogenated alkanes) is 49. The Hall–Kier alpha value is -1.94. The van der Waals surface area contributed by atoms with E-state index in [1.807, 2.05) is 0 Å². The Morgan fingerprint density at radius 3 is 0.667 bits per heavy atom. The number of rotatable bonds is 81. The standard InChI is InChI=1S/C83H162O17P2/c1-8-9-10-11-12-13-14-21-28-36-43-50-57-64-80(85)93-71-79(100-83(88)67-60-53-46-39-32-31-35-42-49-56-63-76(6)7)73-98-102(91,92)96-69-77(84)68-95-101(89,90)97-72-78(70-94-81(86)65-58-51-44-37-29-24-20-19-23-27-34-41-48-55-62-75(4)5)99-82(87)66-59-52-45-38-30-25-18-16-15-17-22-26-33-40-47-54-61-74(2)3/h74-79,84H,8-73H2,1-7H3,(H,89,90)(H,91,92)/t77-,78-,79-/m1/s1. The highest BCUT2D eigenvalue weighted by atomic mass is 31.2. The zero-order chi connectivity index (χ0) is 75.1. The van der Waals surface area contributed by atoms with Crippen LogP contribution in [0, 0.1) is 17.8 Å². The molecule has 2 unspecified atom stereocenters. The molecule has 0 saturated heterocycles. The molecule has 0 aromatic carbocycles. The van der Waals surface area contributed by atoms with Crippen molar-refractivity contribution in [3.05, 3.63) is 0 Å². The SMILES string of the molecule is CCCCCCCCCCCCCCCC(=O)OC[C@H](COP(=O)(O)OC[C@H](O)COP(=O)(O)OC[C@@H](COC(=O)CCCCCCCCCCCCCCCCC(C)C)OC(=O)CCCCCCCCCCCCCCCCCCC(C)C)OC(=O)CCCCCCCCCCCCC(C)C. The molecule has 0 heterocycles. The summed E-state index contributed by atoms with van der Waals surface area (Å²) in [4.78, 5) is 73.1. The van der Waals surface area contributed by atoms with Crippen molar-refractivity contribution < 1.29 is 80.2 Å². The lowest BCUT2D eigenvalue weighted by molar-refractivity contribution is -0.161. The van der Waals surface area contributed by atoms with Gasteiger partial charge in [-0.2, -0.15) is 0 Å². The van der Waals surface area contributed by atoms with Gasteiger partial charge in [0.25, 0.3) is 0 Å². The van der Waals surface area contributed by atoms with Crippen LogP contribution in [0.25, 0.3) is 0 Å². The normalized spacial score (nSPS) is 13.9. The molecule has 0 radical (unpaired) electrons. The largest absolute Gasteiger partial charge is 0.472 e. The van der Waals surface area contributed by atoms with Crippen molar-refractivity contribution in [2.75, 3.05) is 39.6 Å². The molecule has 17 nitrogen and oxygen atoms in total. The fourth-order valence-electron chi connectivity index (χ4n) is 12.8. The maximum Gasteiger partial charge on any atom is 0.472 e. The van der Waals surface area contributed by atoms with Gasteiger partial charge in [-0.1, -0.05) is 382 Å². The van der Waals surface area contributed by atoms with E-state index < -0.39 is 97.5 Å².